The van der Waals surface area contributed by atoms with E-state index < -0.39 is 11.4 Å². The summed E-state index contributed by atoms with van der Waals surface area (Å²) >= 11 is 0. The number of amides is 1. The quantitative estimate of drug-likeness (QED) is 0.928. The molecule has 0 spiro atoms. The van der Waals surface area contributed by atoms with Crippen LogP contribution in [0.15, 0.2) is 30.3 Å². The maximum absolute atomic E-state index is 12.8. The van der Waals surface area contributed by atoms with E-state index in [0.717, 1.165) is 31.2 Å². The van der Waals surface area contributed by atoms with Gasteiger partial charge in [-0.25, -0.2) is 0 Å². The van der Waals surface area contributed by atoms with Gasteiger partial charge in [-0.3, -0.25) is 9.59 Å². The van der Waals surface area contributed by atoms with Gasteiger partial charge < -0.3 is 10.0 Å². The molecule has 0 aromatic heterocycles. The van der Waals surface area contributed by atoms with Gasteiger partial charge in [0.2, 0.25) is 5.91 Å². The van der Waals surface area contributed by atoms with Crippen molar-refractivity contribution in [3.05, 3.63) is 35.9 Å². The summed E-state index contributed by atoms with van der Waals surface area (Å²) in [6.45, 7) is 3.18. The number of carbonyl (C=O) groups excluding carboxylic acids is 1. The molecule has 1 saturated carbocycles. The van der Waals surface area contributed by atoms with Crippen LogP contribution in [0.3, 0.4) is 0 Å². The van der Waals surface area contributed by atoms with Crippen LogP contribution in [-0.4, -0.2) is 35.0 Å². The van der Waals surface area contributed by atoms with Gasteiger partial charge in [0.25, 0.3) is 0 Å². The molecule has 0 atom stereocenters. The fourth-order valence-corrected chi connectivity index (χ4v) is 4.13. The van der Waals surface area contributed by atoms with Crippen molar-refractivity contribution >= 4 is 11.9 Å². The van der Waals surface area contributed by atoms with Crippen molar-refractivity contribution in [2.75, 3.05) is 13.1 Å². The van der Waals surface area contributed by atoms with Crippen LogP contribution in [0.1, 0.15) is 51.0 Å². The van der Waals surface area contributed by atoms with Crippen LogP contribution in [0.2, 0.25) is 0 Å². The van der Waals surface area contributed by atoms with Crippen molar-refractivity contribution in [1.29, 1.82) is 0 Å². The number of carboxylic acids is 1. The van der Waals surface area contributed by atoms with Crippen LogP contribution in [0.4, 0.5) is 0 Å². The highest BCUT2D eigenvalue weighted by atomic mass is 16.4. The van der Waals surface area contributed by atoms with E-state index in [1.807, 2.05) is 35.2 Å². The van der Waals surface area contributed by atoms with Crippen LogP contribution in [0.5, 0.6) is 0 Å². The summed E-state index contributed by atoms with van der Waals surface area (Å²) < 4.78 is 0. The maximum Gasteiger partial charge on any atom is 0.314 e. The van der Waals surface area contributed by atoms with E-state index in [9.17, 15) is 14.7 Å². The van der Waals surface area contributed by atoms with Gasteiger partial charge >= 0.3 is 5.97 Å². The van der Waals surface area contributed by atoms with Gasteiger partial charge in [-0.05, 0) is 37.7 Å². The van der Waals surface area contributed by atoms with E-state index in [-0.39, 0.29) is 11.3 Å². The summed E-state index contributed by atoms with van der Waals surface area (Å²) in [5.74, 6) is -0.525. The normalized spacial score (nSPS) is 22.2. The third kappa shape index (κ3) is 2.54. The number of carbonyl (C=O) groups is 2. The number of benzene rings is 1. The average molecular weight is 315 g/mol. The van der Waals surface area contributed by atoms with Crippen molar-refractivity contribution in [3.8, 4) is 0 Å². The third-order valence-corrected chi connectivity index (χ3v) is 6.08. The first-order chi connectivity index (χ1) is 11.0. The molecule has 124 valence electrons. The van der Waals surface area contributed by atoms with Crippen LogP contribution >= 0.6 is 0 Å². The second-order valence-electron chi connectivity index (χ2n) is 7.03. The largest absolute Gasteiger partial charge is 0.481 e. The first-order valence-electron chi connectivity index (χ1n) is 8.62. The lowest BCUT2D eigenvalue weighted by Crippen LogP contribution is -2.54. The zero-order valence-electron chi connectivity index (χ0n) is 13.8. The number of rotatable bonds is 4. The van der Waals surface area contributed by atoms with E-state index in [1.54, 1.807) is 0 Å². The minimum absolute atomic E-state index is 0.157. The summed E-state index contributed by atoms with van der Waals surface area (Å²) in [4.78, 5) is 26.7. The Kier molecular flexibility index (Phi) is 4.17. The van der Waals surface area contributed by atoms with E-state index in [1.165, 1.54) is 0 Å². The third-order valence-electron chi connectivity index (χ3n) is 6.08. The minimum Gasteiger partial charge on any atom is -0.481 e. The fraction of sp³-hybridized carbons (Fsp3) is 0.579. The fourth-order valence-electron chi connectivity index (χ4n) is 4.13. The first kappa shape index (κ1) is 16.0. The molecule has 4 nitrogen and oxygen atoms in total. The van der Waals surface area contributed by atoms with Crippen LogP contribution in [0.25, 0.3) is 0 Å². The van der Waals surface area contributed by atoms with Crippen molar-refractivity contribution in [2.45, 2.75) is 50.9 Å². The summed E-state index contributed by atoms with van der Waals surface area (Å²) in [6, 6.07) is 9.46. The Balaban J connectivity index is 1.76. The lowest BCUT2D eigenvalue weighted by molar-refractivity contribution is -0.154. The van der Waals surface area contributed by atoms with Crippen LogP contribution in [0, 0.1) is 5.41 Å². The zero-order chi connectivity index (χ0) is 16.5. The molecule has 1 aromatic rings. The summed E-state index contributed by atoms with van der Waals surface area (Å²) in [6.07, 6.45) is 5.00. The molecule has 23 heavy (non-hydrogen) atoms. The molecule has 1 aliphatic heterocycles. The highest BCUT2D eigenvalue weighted by Crippen LogP contribution is 2.46. The van der Waals surface area contributed by atoms with Crippen LogP contribution < -0.4 is 0 Å². The lowest BCUT2D eigenvalue weighted by Gasteiger charge is -2.46. The van der Waals surface area contributed by atoms with Gasteiger partial charge in [0.15, 0.2) is 0 Å². The maximum atomic E-state index is 12.8. The van der Waals surface area contributed by atoms with Gasteiger partial charge in [0.05, 0.1) is 5.41 Å². The number of carboxylic acid groups (broad SMARTS) is 1. The first-order valence-corrected chi connectivity index (χ1v) is 8.62. The number of hydrogen-bond donors (Lipinski definition) is 1. The number of aliphatic carboxylic acids is 1. The SMILES string of the molecule is CCC1(C(=O)N2CCC(C(=O)O)(c3ccccc3)CC2)CCC1. The Bertz CT molecular complexity index is 578. The van der Waals surface area contributed by atoms with E-state index >= 15 is 0 Å². The van der Waals surface area contributed by atoms with Crippen molar-refractivity contribution in [2.24, 2.45) is 5.41 Å². The minimum atomic E-state index is -0.850. The number of likely N-dealkylation sites (tertiary alicyclic amines) is 1. The van der Waals surface area contributed by atoms with Gasteiger partial charge in [0, 0.05) is 18.5 Å². The average Bonchev–Trinajstić information content (AvgIpc) is 2.55. The molecule has 0 bridgehead atoms. The molecule has 1 aromatic carbocycles. The summed E-state index contributed by atoms with van der Waals surface area (Å²) in [5.41, 5.74) is -0.152. The smallest absolute Gasteiger partial charge is 0.314 e. The van der Waals surface area contributed by atoms with Crippen LogP contribution in [-0.2, 0) is 15.0 Å². The van der Waals surface area contributed by atoms with Gasteiger partial charge in [0.1, 0.15) is 0 Å². The molecule has 1 amide bonds. The second-order valence-corrected chi connectivity index (χ2v) is 7.03. The van der Waals surface area contributed by atoms with Crippen molar-refractivity contribution in [3.63, 3.8) is 0 Å². The molecule has 2 aliphatic rings. The van der Waals surface area contributed by atoms with E-state index in [0.29, 0.717) is 25.9 Å². The Morgan fingerprint density at radius 2 is 1.70 bits per heavy atom. The molecule has 1 aliphatic carbocycles. The summed E-state index contributed by atoms with van der Waals surface area (Å²) in [5, 5.41) is 9.83. The monoisotopic (exact) mass is 315 g/mol. The molecular formula is C19H25NO3. The van der Waals surface area contributed by atoms with Crippen molar-refractivity contribution < 1.29 is 14.7 Å². The molecule has 1 N–H and O–H groups in total. The van der Waals surface area contributed by atoms with E-state index in [4.69, 9.17) is 0 Å². The number of nitrogens with zero attached hydrogens (tertiary/aromatic N) is 1. The number of piperidine rings is 1. The molecule has 1 saturated heterocycles. The van der Waals surface area contributed by atoms with Crippen molar-refractivity contribution in [1.82, 2.24) is 4.90 Å². The Morgan fingerprint density at radius 3 is 2.13 bits per heavy atom. The van der Waals surface area contributed by atoms with E-state index in [2.05, 4.69) is 6.92 Å². The van der Waals surface area contributed by atoms with Gasteiger partial charge in [-0.1, -0.05) is 43.7 Å². The standard InChI is InChI=1S/C19H25NO3/c1-2-18(9-6-10-18)16(21)20-13-11-19(12-14-20,17(22)23)15-7-4-3-5-8-15/h3-5,7-8H,2,6,9-14H2,1H3,(H,22,23). The summed E-state index contributed by atoms with van der Waals surface area (Å²) in [7, 11) is 0. The van der Waals surface area contributed by atoms with Gasteiger partial charge in [-0.15, -0.1) is 0 Å². The predicted octanol–water partition coefficient (Wildman–Crippen LogP) is 3.21. The van der Waals surface area contributed by atoms with Gasteiger partial charge in [-0.2, -0.15) is 0 Å². The molecule has 0 unspecified atom stereocenters. The second kappa shape index (κ2) is 5.99. The molecular weight excluding hydrogens is 290 g/mol. The molecule has 0 radical (unpaired) electrons. The molecule has 4 heteroatoms. The topological polar surface area (TPSA) is 57.6 Å². The molecule has 2 fully saturated rings. The zero-order valence-corrected chi connectivity index (χ0v) is 13.8. The highest BCUT2D eigenvalue weighted by Gasteiger charge is 2.48. The molecule has 1 heterocycles. The highest BCUT2D eigenvalue weighted by molar-refractivity contribution is 5.85. The predicted molar refractivity (Wildman–Crippen MR) is 88.1 cm³/mol. The lowest BCUT2D eigenvalue weighted by atomic mass is 9.65. The molecule has 3 rings (SSSR count). The Morgan fingerprint density at radius 1 is 1.09 bits per heavy atom. The number of hydrogen-bond acceptors (Lipinski definition) is 2. The Hall–Kier alpha value is -1.84. The Labute approximate surface area is 137 Å².